The highest BCUT2D eigenvalue weighted by atomic mass is 32.2. The van der Waals surface area contributed by atoms with Crippen molar-refractivity contribution in [1.82, 2.24) is 0 Å². The Hall–Kier alpha value is 0.700. The molecule has 8 heavy (non-hydrogen) atoms. The van der Waals surface area contributed by atoms with Crippen molar-refractivity contribution in [3.63, 3.8) is 0 Å². The average molecular weight is 150 g/mol. The molecule has 0 aliphatic heterocycles. The highest BCUT2D eigenvalue weighted by Crippen LogP contribution is 2.10. The first kappa shape index (κ1) is 8.70. The number of hydrogen-bond donors (Lipinski definition) is 2. The van der Waals surface area contributed by atoms with Gasteiger partial charge in [0, 0.05) is 4.58 Å². The molecule has 0 nitrogen and oxygen atoms in total. The van der Waals surface area contributed by atoms with Gasteiger partial charge in [-0.1, -0.05) is 26.2 Å². The van der Waals surface area contributed by atoms with Gasteiger partial charge >= 0.3 is 0 Å². The molecule has 0 N–H and O–H groups in total. The maximum Gasteiger partial charge on any atom is 0.0442 e. The molecule has 0 heterocycles. The summed E-state index contributed by atoms with van der Waals surface area (Å²) >= 11 is 8.27. The van der Waals surface area contributed by atoms with Gasteiger partial charge in [-0.3, -0.25) is 0 Å². The van der Waals surface area contributed by atoms with Gasteiger partial charge in [-0.2, -0.15) is 25.3 Å². The van der Waals surface area contributed by atoms with Crippen LogP contribution in [-0.2, 0) is 0 Å². The fourth-order valence-corrected chi connectivity index (χ4v) is 0.942. The highest BCUT2D eigenvalue weighted by Gasteiger charge is 1.92. The van der Waals surface area contributed by atoms with Crippen LogP contribution in [0.15, 0.2) is 0 Å². The molecular weight excluding hydrogens is 136 g/mol. The van der Waals surface area contributed by atoms with Crippen LogP contribution in [0.5, 0.6) is 0 Å². The quantitative estimate of drug-likeness (QED) is 0.344. The number of thiol groups is 2. The summed E-state index contributed by atoms with van der Waals surface area (Å²) in [5.74, 6) is 0. The molecule has 0 amide bonds. The molecule has 0 radical (unpaired) electrons. The van der Waals surface area contributed by atoms with Crippen LogP contribution in [0.4, 0.5) is 0 Å². The van der Waals surface area contributed by atoms with Crippen LogP contribution >= 0.6 is 25.3 Å². The van der Waals surface area contributed by atoms with Gasteiger partial charge in [-0.15, -0.1) is 0 Å². The lowest BCUT2D eigenvalue weighted by Gasteiger charge is -1.99. The van der Waals surface area contributed by atoms with Gasteiger partial charge in [0.05, 0.1) is 0 Å². The average Bonchev–Trinajstić information content (AvgIpc) is 1.66. The third kappa shape index (κ3) is 6.70. The Balaban J connectivity index is 2.72. The van der Waals surface area contributed by atoms with Gasteiger partial charge in [-0.05, 0) is 6.42 Å². The van der Waals surface area contributed by atoms with Crippen LogP contribution in [0, 0.1) is 0 Å². The largest absolute Gasteiger partial charge is 0.165 e. The SMILES string of the molecule is CCCCCC(S)S. The minimum Gasteiger partial charge on any atom is -0.165 e. The van der Waals surface area contributed by atoms with Crippen LogP contribution in [0.1, 0.15) is 32.6 Å². The van der Waals surface area contributed by atoms with Crippen molar-refractivity contribution in [2.75, 3.05) is 0 Å². The normalized spacial score (nSPS) is 10.5. The smallest absolute Gasteiger partial charge is 0.0442 e. The lowest BCUT2D eigenvalue weighted by molar-refractivity contribution is 0.698. The first-order valence-electron chi connectivity index (χ1n) is 3.13. The molecule has 0 aromatic heterocycles. The zero-order valence-corrected chi connectivity index (χ0v) is 7.09. The van der Waals surface area contributed by atoms with E-state index < -0.39 is 0 Å². The van der Waals surface area contributed by atoms with Gasteiger partial charge in [0.15, 0.2) is 0 Å². The fourth-order valence-electron chi connectivity index (χ4n) is 0.577. The summed E-state index contributed by atoms with van der Waals surface area (Å²) in [4.78, 5) is 0. The highest BCUT2D eigenvalue weighted by molar-refractivity contribution is 7.99. The van der Waals surface area contributed by atoms with Crippen molar-refractivity contribution in [1.29, 1.82) is 0 Å². The van der Waals surface area contributed by atoms with Crippen molar-refractivity contribution < 1.29 is 0 Å². The Kier molecular flexibility index (Phi) is 6.34. The molecule has 0 aliphatic carbocycles. The predicted molar refractivity (Wildman–Crippen MR) is 45.9 cm³/mol. The molecule has 0 aliphatic rings. The van der Waals surface area contributed by atoms with Crippen LogP contribution in [0.2, 0.25) is 0 Å². The molecular formula is C6H14S2. The predicted octanol–water partition coefficient (Wildman–Crippen LogP) is 2.75. The Morgan fingerprint density at radius 1 is 1.25 bits per heavy atom. The minimum atomic E-state index is 0.293. The molecule has 2 heteroatoms. The first-order valence-corrected chi connectivity index (χ1v) is 4.16. The standard InChI is InChI=1S/C6H14S2/c1-2-3-4-5-6(7)8/h6-8H,2-5H2,1H3. The van der Waals surface area contributed by atoms with E-state index in [2.05, 4.69) is 32.2 Å². The summed E-state index contributed by atoms with van der Waals surface area (Å²) < 4.78 is 0.293. The second-order valence-electron chi connectivity index (χ2n) is 1.98. The monoisotopic (exact) mass is 150 g/mol. The minimum absolute atomic E-state index is 0.293. The maximum absolute atomic E-state index is 4.14. The zero-order valence-electron chi connectivity index (χ0n) is 5.30. The van der Waals surface area contributed by atoms with Gasteiger partial charge in [-0.25, -0.2) is 0 Å². The van der Waals surface area contributed by atoms with E-state index in [1.807, 2.05) is 0 Å². The summed E-state index contributed by atoms with van der Waals surface area (Å²) in [7, 11) is 0. The van der Waals surface area contributed by atoms with Crippen molar-refractivity contribution in [2.45, 2.75) is 37.2 Å². The molecule has 0 saturated heterocycles. The zero-order chi connectivity index (χ0) is 6.41. The molecule has 0 fully saturated rings. The fraction of sp³-hybridized carbons (Fsp3) is 1.00. The number of rotatable bonds is 4. The van der Waals surface area contributed by atoms with E-state index in [4.69, 9.17) is 0 Å². The Labute approximate surface area is 62.9 Å². The summed E-state index contributed by atoms with van der Waals surface area (Å²) in [6.07, 6.45) is 5.01. The van der Waals surface area contributed by atoms with Gasteiger partial charge < -0.3 is 0 Å². The third-order valence-electron chi connectivity index (χ3n) is 1.07. The van der Waals surface area contributed by atoms with E-state index >= 15 is 0 Å². The van der Waals surface area contributed by atoms with Crippen LogP contribution in [0.3, 0.4) is 0 Å². The second-order valence-corrected chi connectivity index (χ2v) is 3.63. The Bertz CT molecular complexity index is 43.8. The summed E-state index contributed by atoms with van der Waals surface area (Å²) in [5, 5.41) is 0. The molecule has 0 aromatic rings. The van der Waals surface area contributed by atoms with Crippen LogP contribution in [0.25, 0.3) is 0 Å². The van der Waals surface area contributed by atoms with E-state index in [-0.39, 0.29) is 0 Å². The Morgan fingerprint density at radius 2 is 1.88 bits per heavy atom. The molecule has 0 saturated carbocycles. The lowest BCUT2D eigenvalue weighted by Crippen LogP contribution is -1.85. The summed E-state index contributed by atoms with van der Waals surface area (Å²) in [6, 6.07) is 0. The number of hydrogen-bond acceptors (Lipinski definition) is 2. The van der Waals surface area contributed by atoms with Gasteiger partial charge in [0.25, 0.3) is 0 Å². The van der Waals surface area contributed by atoms with Crippen molar-refractivity contribution >= 4 is 25.3 Å². The van der Waals surface area contributed by atoms with E-state index in [1.54, 1.807) is 0 Å². The summed E-state index contributed by atoms with van der Waals surface area (Å²) in [6.45, 7) is 2.20. The molecule has 0 rings (SSSR count). The molecule has 50 valence electrons. The van der Waals surface area contributed by atoms with Crippen LogP contribution in [-0.4, -0.2) is 4.58 Å². The topological polar surface area (TPSA) is 0 Å². The van der Waals surface area contributed by atoms with Crippen molar-refractivity contribution in [3.8, 4) is 0 Å². The lowest BCUT2D eigenvalue weighted by atomic mass is 10.2. The summed E-state index contributed by atoms with van der Waals surface area (Å²) in [5.41, 5.74) is 0. The van der Waals surface area contributed by atoms with Crippen molar-refractivity contribution in [3.05, 3.63) is 0 Å². The maximum atomic E-state index is 4.14. The second kappa shape index (κ2) is 5.83. The first-order chi connectivity index (χ1) is 3.77. The van der Waals surface area contributed by atoms with E-state index in [0.29, 0.717) is 4.58 Å². The van der Waals surface area contributed by atoms with Gasteiger partial charge in [0.2, 0.25) is 0 Å². The van der Waals surface area contributed by atoms with Gasteiger partial charge in [0.1, 0.15) is 0 Å². The van der Waals surface area contributed by atoms with Crippen LogP contribution < -0.4 is 0 Å². The number of unbranched alkanes of at least 4 members (excludes halogenated alkanes) is 2. The molecule has 0 unspecified atom stereocenters. The van der Waals surface area contributed by atoms with Crippen molar-refractivity contribution in [2.24, 2.45) is 0 Å². The van der Waals surface area contributed by atoms with E-state index in [1.165, 1.54) is 19.3 Å². The van der Waals surface area contributed by atoms with E-state index in [0.717, 1.165) is 6.42 Å². The molecule has 0 spiro atoms. The molecule has 0 bridgehead atoms. The molecule has 0 aromatic carbocycles. The Morgan fingerprint density at radius 3 is 2.25 bits per heavy atom. The molecule has 0 atom stereocenters. The third-order valence-corrected chi connectivity index (χ3v) is 1.58. The van der Waals surface area contributed by atoms with E-state index in [9.17, 15) is 0 Å².